The van der Waals surface area contributed by atoms with Gasteiger partial charge in [0.15, 0.2) is 0 Å². The lowest BCUT2D eigenvalue weighted by Crippen LogP contribution is -2.53. The number of para-hydroxylation sites is 2. The molecule has 0 radical (unpaired) electrons. The molecule has 0 spiro atoms. The molecule has 8 heteroatoms. The Balaban J connectivity index is 0.00000185. The molecule has 0 aliphatic carbocycles. The number of halogens is 2. The predicted molar refractivity (Wildman–Crippen MR) is 168 cm³/mol. The molecule has 2 aromatic carbocycles. The quantitative estimate of drug-likeness (QED) is 0.383. The zero-order valence-electron chi connectivity index (χ0n) is 24.1. The molecule has 1 amide bonds. The van der Waals surface area contributed by atoms with E-state index in [0.717, 1.165) is 50.2 Å². The molecular weight excluding hydrogens is 541 g/mol. The molecule has 6 nitrogen and oxygen atoms in total. The number of amides is 1. The number of carbonyl (C=O) groups is 1. The van der Waals surface area contributed by atoms with E-state index in [4.69, 9.17) is 10.7 Å². The van der Waals surface area contributed by atoms with Gasteiger partial charge in [0.1, 0.15) is 5.82 Å². The maximum Gasteiger partial charge on any atom is 0.242 e. The Hall–Kier alpha value is -2.12. The molecule has 3 saturated heterocycles. The number of piperidine rings is 2. The fraction of sp³-hybridized carbons (Fsp3) is 0.562. The van der Waals surface area contributed by atoms with Crippen LogP contribution in [0.3, 0.4) is 0 Å². The number of nitrogens with zero attached hydrogens (tertiary/aromatic N) is 4. The van der Waals surface area contributed by atoms with Crippen molar-refractivity contribution in [2.45, 2.75) is 95.3 Å². The van der Waals surface area contributed by atoms with E-state index in [0.29, 0.717) is 24.0 Å². The number of imidazole rings is 1. The number of carbonyl (C=O) groups excluding carboxylic acids is 1. The Morgan fingerprint density at radius 3 is 2.17 bits per heavy atom. The average Bonchev–Trinajstić information content (AvgIpc) is 3.37. The normalized spacial score (nSPS) is 23.6. The maximum atomic E-state index is 12.5. The van der Waals surface area contributed by atoms with Gasteiger partial charge in [-0.3, -0.25) is 9.69 Å². The zero-order valence-corrected chi connectivity index (χ0v) is 25.7. The van der Waals surface area contributed by atoms with Crippen LogP contribution in [0, 0.1) is 6.92 Å². The molecule has 3 atom stereocenters. The van der Waals surface area contributed by atoms with Crippen molar-refractivity contribution in [2.24, 2.45) is 5.73 Å². The van der Waals surface area contributed by atoms with Crippen LogP contribution in [0.2, 0.25) is 0 Å². The third-order valence-corrected chi connectivity index (χ3v) is 9.44. The summed E-state index contributed by atoms with van der Waals surface area (Å²) in [6.07, 6.45) is 8.28. The number of likely N-dealkylation sites (tertiary alicyclic amines) is 1. The van der Waals surface area contributed by atoms with E-state index in [1.165, 1.54) is 42.3 Å². The van der Waals surface area contributed by atoms with Crippen molar-refractivity contribution in [3.8, 4) is 0 Å². The van der Waals surface area contributed by atoms with E-state index in [1.54, 1.807) is 13.8 Å². The van der Waals surface area contributed by atoms with Crippen molar-refractivity contribution >= 4 is 41.8 Å². The second-order valence-electron chi connectivity index (χ2n) is 12.5. The highest BCUT2D eigenvalue weighted by molar-refractivity contribution is 5.86. The lowest BCUT2D eigenvalue weighted by atomic mass is 9.88. The van der Waals surface area contributed by atoms with Gasteiger partial charge in [-0.05, 0) is 94.9 Å². The molecule has 40 heavy (non-hydrogen) atoms. The van der Waals surface area contributed by atoms with Crippen molar-refractivity contribution in [3.63, 3.8) is 0 Å². The number of benzene rings is 2. The van der Waals surface area contributed by atoms with Crippen molar-refractivity contribution in [2.75, 3.05) is 19.6 Å². The van der Waals surface area contributed by atoms with Gasteiger partial charge in [0.25, 0.3) is 0 Å². The lowest BCUT2D eigenvalue weighted by molar-refractivity contribution is -0.136. The van der Waals surface area contributed by atoms with Crippen molar-refractivity contribution in [3.05, 3.63) is 65.5 Å². The van der Waals surface area contributed by atoms with Gasteiger partial charge in [-0.2, -0.15) is 0 Å². The SMILES string of the molecule is Cc1nc2ccccc2n1C1C[C@H]2CC[C@@H](C1)N2CCc1ccc(C2CCN(C(=O)C(C)(C)N)CC2)cc1.Cl.Cl. The van der Waals surface area contributed by atoms with Crippen LogP contribution in [0.1, 0.15) is 81.3 Å². The molecule has 3 aliphatic rings. The maximum absolute atomic E-state index is 12.5. The summed E-state index contributed by atoms with van der Waals surface area (Å²) in [5.74, 6) is 1.76. The van der Waals surface area contributed by atoms with Gasteiger partial charge in [0.2, 0.25) is 5.91 Å². The van der Waals surface area contributed by atoms with E-state index < -0.39 is 5.54 Å². The van der Waals surface area contributed by atoms with Crippen LogP contribution in [0.5, 0.6) is 0 Å². The predicted octanol–water partition coefficient (Wildman–Crippen LogP) is 6.04. The first-order valence-corrected chi connectivity index (χ1v) is 14.6. The molecule has 3 aliphatic heterocycles. The Morgan fingerprint density at radius 2 is 1.55 bits per heavy atom. The monoisotopic (exact) mass is 585 g/mol. The highest BCUT2D eigenvalue weighted by Gasteiger charge is 2.41. The molecule has 3 fully saturated rings. The van der Waals surface area contributed by atoms with E-state index in [1.807, 2.05) is 4.90 Å². The standard InChI is InChI=1S/C32H43N5O.2ClH/c1-22-34-29-6-4-5-7-30(29)37(22)28-20-26-12-13-27(21-28)36(26)19-14-23-8-10-24(11-9-23)25-15-17-35(18-16-25)31(38)32(2,3)33;;/h4-11,25-28H,12-21,33H2,1-3H3;2*1H/t26-,27+,28?;;. The van der Waals surface area contributed by atoms with Crippen LogP contribution in [0.4, 0.5) is 0 Å². The van der Waals surface area contributed by atoms with Gasteiger partial charge in [0.05, 0.1) is 16.6 Å². The van der Waals surface area contributed by atoms with E-state index >= 15 is 0 Å². The fourth-order valence-electron chi connectivity index (χ4n) is 7.49. The van der Waals surface area contributed by atoms with Crippen molar-refractivity contribution in [1.29, 1.82) is 0 Å². The first-order valence-electron chi connectivity index (χ1n) is 14.6. The smallest absolute Gasteiger partial charge is 0.242 e. The van der Waals surface area contributed by atoms with E-state index in [9.17, 15) is 4.79 Å². The molecule has 2 N–H and O–H groups in total. The molecule has 1 aromatic heterocycles. The number of hydrogen-bond acceptors (Lipinski definition) is 4. The van der Waals surface area contributed by atoms with Crippen LogP contribution in [0.15, 0.2) is 48.5 Å². The van der Waals surface area contributed by atoms with Crippen molar-refractivity contribution < 1.29 is 4.79 Å². The number of aromatic nitrogens is 2. The molecule has 2 bridgehead atoms. The Kier molecular flexibility index (Phi) is 9.56. The summed E-state index contributed by atoms with van der Waals surface area (Å²) in [6, 6.07) is 19.9. The summed E-state index contributed by atoms with van der Waals surface area (Å²) in [6.45, 7) is 8.53. The van der Waals surface area contributed by atoms with Crippen LogP contribution >= 0.6 is 24.8 Å². The van der Waals surface area contributed by atoms with Crippen LogP contribution in [-0.2, 0) is 11.2 Å². The van der Waals surface area contributed by atoms with Gasteiger partial charge < -0.3 is 15.2 Å². The number of fused-ring (bicyclic) bond motifs is 3. The third-order valence-electron chi connectivity index (χ3n) is 9.44. The third kappa shape index (κ3) is 6.06. The van der Waals surface area contributed by atoms with E-state index in [-0.39, 0.29) is 30.7 Å². The molecule has 218 valence electrons. The van der Waals surface area contributed by atoms with Crippen molar-refractivity contribution in [1.82, 2.24) is 19.4 Å². The van der Waals surface area contributed by atoms with Gasteiger partial charge in [0, 0.05) is 37.8 Å². The minimum absolute atomic E-state index is 0. The number of nitrogens with two attached hydrogens (primary N) is 1. The van der Waals surface area contributed by atoms with Gasteiger partial charge in [-0.25, -0.2) is 4.98 Å². The first kappa shape index (κ1) is 30.8. The summed E-state index contributed by atoms with van der Waals surface area (Å²) < 4.78 is 2.52. The molecular formula is C32H45Cl2N5O. The summed E-state index contributed by atoms with van der Waals surface area (Å²) in [5.41, 5.74) is 10.5. The van der Waals surface area contributed by atoms with Crippen LogP contribution < -0.4 is 5.73 Å². The summed E-state index contributed by atoms with van der Waals surface area (Å²) in [4.78, 5) is 22.1. The molecule has 0 saturated carbocycles. The number of rotatable bonds is 6. The average molecular weight is 587 g/mol. The summed E-state index contributed by atoms with van der Waals surface area (Å²) in [5, 5.41) is 0. The molecule has 1 unspecified atom stereocenters. The molecule has 6 rings (SSSR count). The fourth-order valence-corrected chi connectivity index (χ4v) is 7.49. The number of hydrogen-bond donors (Lipinski definition) is 1. The minimum Gasteiger partial charge on any atom is -0.341 e. The minimum atomic E-state index is -0.782. The van der Waals surface area contributed by atoms with Gasteiger partial charge >= 0.3 is 0 Å². The molecule has 3 aromatic rings. The highest BCUT2D eigenvalue weighted by atomic mass is 35.5. The Bertz CT molecular complexity index is 1280. The first-order chi connectivity index (χ1) is 18.3. The number of aryl methyl sites for hydroxylation is 1. The summed E-state index contributed by atoms with van der Waals surface area (Å²) >= 11 is 0. The van der Waals surface area contributed by atoms with E-state index in [2.05, 4.69) is 64.9 Å². The summed E-state index contributed by atoms with van der Waals surface area (Å²) in [7, 11) is 0. The van der Waals surface area contributed by atoms with Gasteiger partial charge in [-0.1, -0.05) is 36.4 Å². The second kappa shape index (κ2) is 12.4. The Morgan fingerprint density at radius 1 is 0.925 bits per heavy atom. The lowest BCUT2D eigenvalue weighted by Gasteiger charge is -2.40. The van der Waals surface area contributed by atoms with Crippen LogP contribution in [0.25, 0.3) is 11.0 Å². The second-order valence-corrected chi connectivity index (χ2v) is 12.5. The topological polar surface area (TPSA) is 67.4 Å². The Labute approximate surface area is 251 Å². The van der Waals surface area contributed by atoms with Crippen LogP contribution in [-0.4, -0.2) is 62.5 Å². The molecule has 4 heterocycles. The zero-order chi connectivity index (χ0) is 26.4. The van der Waals surface area contributed by atoms with Gasteiger partial charge in [-0.15, -0.1) is 24.8 Å². The largest absolute Gasteiger partial charge is 0.341 e. The highest BCUT2D eigenvalue weighted by Crippen LogP contribution is 2.42.